The predicted molar refractivity (Wildman–Crippen MR) is 84.0 cm³/mol. The molecule has 102 valence electrons. The highest BCUT2D eigenvalue weighted by Crippen LogP contribution is 2.36. The van der Waals surface area contributed by atoms with Crippen molar-refractivity contribution in [3.05, 3.63) is 65.0 Å². The molecular formula is C16H16N2OS. The molecule has 2 aromatic carbocycles. The number of thiophene rings is 1. The average Bonchev–Trinajstić information content (AvgIpc) is 2.93. The van der Waals surface area contributed by atoms with Crippen molar-refractivity contribution < 1.29 is 4.74 Å². The first-order valence-corrected chi connectivity index (χ1v) is 7.28. The Morgan fingerprint density at radius 2 is 1.80 bits per heavy atom. The number of hydrogen-bond acceptors (Lipinski definition) is 4. The first kappa shape index (κ1) is 13.1. The molecule has 0 aliphatic rings. The van der Waals surface area contributed by atoms with Gasteiger partial charge >= 0.3 is 0 Å². The van der Waals surface area contributed by atoms with Gasteiger partial charge < -0.3 is 4.74 Å². The van der Waals surface area contributed by atoms with Crippen molar-refractivity contribution in [2.75, 3.05) is 7.11 Å². The maximum Gasteiger partial charge on any atom is 0.124 e. The van der Waals surface area contributed by atoms with Crippen molar-refractivity contribution >= 4 is 21.4 Å². The van der Waals surface area contributed by atoms with Gasteiger partial charge in [-0.3, -0.25) is 5.84 Å². The van der Waals surface area contributed by atoms with Gasteiger partial charge in [0, 0.05) is 10.3 Å². The molecule has 3 N–H and O–H groups in total. The molecule has 0 radical (unpaired) electrons. The highest BCUT2D eigenvalue weighted by Gasteiger charge is 2.19. The number of nitrogens with two attached hydrogens (primary N) is 1. The molecule has 1 aromatic heterocycles. The third kappa shape index (κ3) is 2.18. The van der Waals surface area contributed by atoms with Crippen molar-refractivity contribution in [3.63, 3.8) is 0 Å². The third-order valence-corrected chi connectivity index (χ3v) is 4.42. The Kier molecular flexibility index (Phi) is 3.69. The maximum atomic E-state index is 5.81. The SMILES string of the molecule is COc1ccccc1C(NN)c1csc2ccccc12. The topological polar surface area (TPSA) is 47.3 Å². The van der Waals surface area contributed by atoms with E-state index in [4.69, 9.17) is 10.6 Å². The highest BCUT2D eigenvalue weighted by molar-refractivity contribution is 7.17. The summed E-state index contributed by atoms with van der Waals surface area (Å²) in [6.07, 6.45) is 0. The molecule has 0 saturated heterocycles. The smallest absolute Gasteiger partial charge is 0.124 e. The van der Waals surface area contributed by atoms with Crippen LogP contribution < -0.4 is 16.0 Å². The second kappa shape index (κ2) is 5.63. The Morgan fingerprint density at radius 1 is 1.05 bits per heavy atom. The Hall–Kier alpha value is -1.88. The summed E-state index contributed by atoms with van der Waals surface area (Å²) in [6.45, 7) is 0. The molecule has 1 heterocycles. The van der Waals surface area contributed by atoms with Gasteiger partial charge in [0.05, 0.1) is 13.2 Å². The minimum atomic E-state index is -0.0812. The van der Waals surface area contributed by atoms with Crippen LogP contribution in [0.5, 0.6) is 5.75 Å². The molecule has 3 aromatic rings. The zero-order valence-electron chi connectivity index (χ0n) is 11.2. The van der Waals surface area contributed by atoms with Gasteiger partial charge in [-0.2, -0.15) is 0 Å². The quantitative estimate of drug-likeness (QED) is 0.570. The molecule has 0 spiro atoms. The Bertz CT molecular complexity index is 723. The lowest BCUT2D eigenvalue weighted by molar-refractivity contribution is 0.404. The molecule has 4 heteroatoms. The van der Waals surface area contributed by atoms with E-state index in [2.05, 4.69) is 29.0 Å². The summed E-state index contributed by atoms with van der Waals surface area (Å²) in [7, 11) is 1.68. The van der Waals surface area contributed by atoms with E-state index in [9.17, 15) is 0 Å². The second-order valence-corrected chi connectivity index (χ2v) is 5.44. The van der Waals surface area contributed by atoms with Gasteiger partial charge in [-0.05, 0) is 28.5 Å². The molecule has 0 amide bonds. The number of methoxy groups -OCH3 is 1. The third-order valence-electron chi connectivity index (χ3n) is 3.44. The number of benzene rings is 2. The zero-order chi connectivity index (χ0) is 13.9. The second-order valence-electron chi connectivity index (χ2n) is 4.53. The van der Waals surface area contributed by atoms with Crippen LogP contribution in [0, 0.1) is 0 Å². The van der Waals surface area contributed by atoms with Crippen LogP contribution in [0.1, 0.15) is 17.2 Å². The standard InChI is InChI=1S/C16H16N2OS/c1-19-14-8-4-2-7-12(14)16(18-17)13-10-20-15-9-5-3-6-11(13)15/h2-10,16,18H,17H2,1H3. The summed E-state index contributed by atoms with van der Waals surface area (Å²) in [5.74, 6) is 6.65. The van der Waals surface area contributed by atoms with Gasteiger partial charge in [0.25, 0.3) is 0 Å². The largest absolute Gasteiger partial charge is 0.496 e. The van der Waals surface area contributed by atoms with E-state index < -0.39 is 0 Å². The first-order valence-electron chi connectivity index (χ1n) is 6.40. The monoisotopic (exact) mass is 284 g/mol. The molecule has 3 rings (SSSR count). The van der Waals surface area contributed by atoms with Gasteiger partial charge in [0.15, 0.2) is 0 Å². The minimum absolute atomic E-state index is 0.0812. The van der Waals surface area contributed by atoms with Crippen LogP contribution in [0.3, 0.4) is 0 Å². The molecule has 0 fully saturated rings. The van der Waals surface area contributed by atoms with Crippen molar-refractivity contribution in [2.45, 2.75) is 6.04 Å². The summed E-state index contributed by atoms with van der Waals surface area (Å²) in [6, 6.07) is 16.2. The van der Waals surface area contributed by atoms with Crippen LogP contribution in [-0.4, -0.2) is 7.11 Å². The molecule has 1 unspecified atom stereocenters. The van der Waals surface area contributed by atoms with E-state index in [1.165, 1.54) is 15.6 Å². The number of hydrogen-bond donors (Lipinski definition) is 2. The normalized spacial score (nSPS) is 12.5. The summed E-state index contributed by atoms with van der Waals surface area (Å²) in [4.78, 5) is 0. The fourth-order valence-corrected chi connectivity index (χ4v) is 3.46. The molecule has 20 heavy (non-hydrogen) atoms. The molecule has 3 nitrogen and oxygen atoms in total. The van der Waals surface area contributed by atoms with E-state index in [-0.39, 0.29) is 6.04 Å². The number of rotatable bonds is 4. The maximum absolute atomic E-state index is 5.81. The van der Waals surface area contributed by atoms with Crippen molar-refractivity contribution in [1.29, 1.82) is 0 Å². The number of hydrazine groups is 1. The minimum Gasteiger partial charge on any atom is -0.496 e. The van der Waals surface area contributed by atoms with E-state index in [0.29, 0.717) is 0 Å². The molecular weight excluding hydrogens is 268 g/mol. The van der Waals surface area contributed by atoms with Gasteiger partial charge in [-0.1, -0.05) is 36.4 Å². The van der Waals surface area contributed by atoms with Crippen LogP contribution in [-0.2, 0) is 0 Å². The predicted octanol–water partition coefficient (Wildman–Crippen LogP) is 3.46. The summed E-state index contributed by atoms with van der Waals surface area (Å²) < 4.78 is 6.71. The fraction of sp³-hybridized carbons (Fsp3) is 0.125. The van der Waals surface area contributed by atoms with E-state index in [0.717, 1.165) is 11.3 Å². The Balaban J connectivity index is 2.14. The van der Waals surface area contributed by atoms with Gasteiger partial charge in [0.2, 0.25) is 0 Å². The Labute approximate surface area is 122 Å². The van der Waals surface area contributed by atoms with E-state index in [1.54, 1.807) is 18.4 Å². The zero-order valence-corrected chi connectivity index (χ0v) is 12.0. The fourth-order valence-electron chi connectivity index (χ4n) is 2.47. The lowest BCUT2D eigenvalue weighted by Crippen LogP contribution is -2.29. The summed E-state index contributed by atoms with van der Waals surface area (Å²) in [5, 5.41) is 3.38. The van der Waals surface area contributed by atoms with Gasteiger partial charge in [-0.15, -0.1) is 11.3 Å². The number of ether oxygens (including phenoxy) is 1. The van der Waals surface area contributed by atoms with Crippen molar-refractivity contribution in [2.24, 2.45) is 5.84 Å². The van der Waals surface area contributed by atoms with Crippen LogP contribution >= 0.6 is 11.3 Å². The molecule has 0 bridgehead atoms. The van der Waals surface area contributed by atoms with E-state index >= 15 is 0 Å². The average molecular weight is 284 g/mol. The van der Waals surface area contributed by atoms with Crippen molar-refractivity contribution in [1.82, 2.24) is 5.43 Å². The van der Waals surface area contributed by atoms with Crippen LogP contribution in [0.4, 0.5) is 0 Å². The van der Waals surface area contributed by atoms with Crippen LogP contribution in [0.2, 0.25) is 0 Å². The highest BCUT2D eigenvalue weighted by atomic mass is 32.1. The van der Waals surface area contributed by atoms with Gasteiger partial charge in [-0.25, -0.2) is 5.43 Å². The number of para-hydroxylation sites is 1. The molecule has 0 aliphatic heterocycles. The van der Waals surface area contributed by atoms with E-state index in [1.807, 2.05) is 30.3 Å². The summed E-state index contributed by atoms with van der Waals surface area (Å²) in [5.41, 5.74) is 5.14. The lowest BCUT2D eigenvalue weighted by atomic mass is 9.98. The van der Waals surface area contributed by atoms with Crippen LogP contribution in [0.15, 0.2) is 53.9 Å². The van der Waals surface area contributed by atoms with Crippen LogP contribution in [0.25, 0.3) is 10.1 Å². The first-order chi connectivity index (χ1) is 9.85. The molecule has 0 aliphatic carbocycles. The number of fused-ring (bicyclic) bond motifs is 1. The summed E-state index contributed by atoms with van der Waals surface area (Å²) >= 11 is 1.73. The van der Waals surface area contributed by atoms with Gasteiger partial charge in [0.1, 0.15) is 5.75 Å². The number of nitrogens with one attached hydrogen (secondary N) is 1. The lowest BCUT2D eigenvalue weighted by Gasteiger charge is -2.18. The molecule has 1 atom stereocenters. The Morgan fingerprint density at radius 3 is 2.60 bits per heavy atom. The van der Waals surface area contributed by atoms with Crippen molar-refractivity contribution in [3.8, 4) is 5.75 Å². The molecule has 0 saturated carbocycles.